The monoisotopic (exact) mass is 766 g/mol. The highest BCUT2D eigenvalue weighted by molar-refractivity contribution is 6.74. The minimum atomic E-state index is 0.0760. The first-order valence-electron chi connectivity index (χ1n) is 21.8. The third-order valence-electron chi connectivity index (χ3n) is 13.9. The first-order valence-corrected chi connectivity index (χ1v) is 21.8. The summed E-state index contributed by atoms with van der Waals surface area (Å²) in [6, 6.07) is 50.0. The van der Waals surface area contributed by atoms with Gasteiger partial charge in [0.15, 0.2) is 7.28 Å². The smallest absolute Gasteiger partial charge is 0.198 e. The van der Waals surface area contributed by atoms with Crippen molar-refractivity contribution < 1.29 is 4.42 Å². The van der Waals surface area contributed by atoms with Crippen molar-refractivity contribution in [3.8, 4) is 27.9 Å². The predicted molar refractivity (Wildman–Crippen MR) is 254 cm³/mol. The van der Waals surface area contributed by atoms with Crippen LogP contribution in [-0.4, -0.2) is 11.8 Å². The molecule has 9 aromatic rings. The van der Waals surface area contributed by atoms with Gasteiger partial charge in [0.05, 0.1) is 5.52 Å². The molecule has 0 spiro atoms. The largest absolute Gasteiger partial charge is 0.456 e. The Hall–Kier alpha value is -6.00. The van der Waals surface area contributed by atoms with Crippen molar-refractivity contribution in [2.75, 3.05) is 5.32 Å². The Labute approximate surface area is 348 Å². The van der Waals surface area contributed by atoms with Crippen LogP contribution in [0.5, 0.6) is 0 Å². The second kappa shape index (κ2) is 13.5. The fraction of sp³-hybridized carbons (Fsp3) is 0.236. The number of furan rings is 1. The highest BCUT2D eigenvalue weighted by Gasteiger charge is 2.39. The van der Waals surface area contributed by atoms with Crippen LogP contribution in [0.2, 0.25) is 0 Å². The number of unbranched alkanes of at least 4 members (excludes halogenated alkanes) is 2. The third-order valence-corrected chi connectivity index (χ3v) is 13.9. The zero-order valence-corrected chi connectivity index (χ0v) is 35.0. The summed E-state index contributed by atoms with van der Waals surface area (Å²) >= 11 is 0. The van der Waals surface area contributed by atoms with Gasteiger partial charge in [0.1, 0.15) is 11.2 Å². The minimum absolute atomic E-state index is 0.0760. The van der Waals surface area contributed by atoms with Crippen LogP contribution in [0.3, 0.4) is 0 Å². The summed E-state index contributed by atoms with van der Waals surface area (Å²) in [4.78, 5) is 0. The van der Waals surface area contributed by atoms with E-state index in [0.717, 1.165) is 41.6 Å². The highest BCUT2D eigenvalue weighted by atomic mass is 16.3. The number of fused-ring (bicyclic) bond motifs is 9. The van der Waals surface area contributed by atoms with Crippen molar-refractivity contribution >= 4 is 73.3 Å². The molecule has 0 saturated carbocycles. The average Bonchev–Trinajstić information content (AvgIpc) is 3.79. The molecule has 0 unspecified atom stereocenters. The number of hydrogen-bond acceptors (Lipinski definition) is 2. The zero-order valence-electron chi connectivity index (χ0n) is 35.0. The maximum absolute atomic E-state index is 6.57. The Bertz CT molecular complexity index is 3110. The molecule has 0 bridgehead atoms. The Morgan fingerprint density at radius 1 is 0.644 bits per heavy atom. The molecule has 2 aromatic heterocycles. The van der Waals surface area contributed by atoms with Crippen LogP contribution < -0.4 is 16.2 Å². The lowest BCUT2D eigenvalue weighted by Gasteiger charge is -2.42. The van der Waals surface area contributed by atoms with E-state index in [1.54, 1.807) is 0 Å². The molecule has 7 aromatic carbocycles. The van der Waals surface area contributed by atoms with Gasteiger partial charge in [-0.25, -0.2) is 0 Å². The van der Waals surface area contributed by atoms with Gasteiger partial charge in [-0.3, -0.25) is 0 Å². The number of rotatable bonds is 8. The first kappa shape index (κ1) is 36.1. The fourth-order valence-electron chi connectivity index (χ4n) is 10.5. The fourth-order valence-corrected chi connectivity index (χ4v) is 10.5. The molecule has 1 aliphatic heterocycles. The molecule has 3 nitrogen and oxygen atoms in total. The van der Waals surface area contributed by atoms with E-state index >= 15 is 0 Å². The lowest BCUT2D eigenvalue weighted by molar-refractivity contribution is 0.332. The van der Waals surface area contributed by atoms with E-state index < -0.39 is 0 Å². The quantitative estimate of drug-likeness (QED) is 0.123. The van der Waals surface area contributed by atoms with Gasteiger partial charge in [0.2, 0.25) is 0 Å². The molecule has 0 fully saturated rings. The van der Waals surface area contributed by atoms with Gasteiger partial charge in [-0.1, -0.05) is 132 Å². The van der Waals surface area contributed by atoms with Gasteiger partial charge < -0.3 is 14.3 Å². The molecule has 1 aliphatic carbocycles. The maximum Gasteiger partial charge on any atom is 0.198 e. The van der Waals surface area contributed by atoms with Crippen molar-refractivity contribution in [1.29, 1.82) is 0 Å². The van der Waals surface area contributed by atoms with E-state index in [4.69, 9.17) is 4.42 Å². The molecule has 3 heterocycles. The number of nitrogens with zero attached hydrogens (tertiary/aromatic N) is 1. The second-order valence-corrected chi connectivity index (χ2v) is 18.6. The maximum atomic E-state index is 6.57. The Balaban J connectivity index is 1.22. The minimum Gasteiger partial charge on any atom is -0.456 e. The van der Waals surface area contributed by atoms with E-state index in [9.17, 15) is 0 Å². The zero-order chi connectivity index (χ0) is 40.0. The average molecular weight is 767 g/mol. The van der Waals surface area contributed by atoms with Crippen LogP contribution in [0.25, 0.3) is 71.7 Å². The van der Waals surface area contributed by atoms with Crippen LogP contribution in [-0.2, 0) is 17.3 Å². The molecule has 4 heteroatoms. The number of hydrogen-bond donors (Lipinski definition) is 1. The van der Waals surface area contributed by atoms with Gasteiger partial charge in [-0.05, 0) is 130 Å². The van der Waals surface area contributed by atoms with Crippen LogP contribution >= 0.6 is 0 Å². The summed E-state index contributed by atoms with van der Waals surface area (Å²) in [5.74, 6) is 0. The molecule has 290 valence electrons. The van der Waals surface area contributed by atoms with Crippen molar-refractivity contribution in [2.45, 2.75) is 84.0 Å². The molecule has 0 amide bonds. The van der Waals surface area contributed by atoms with Gasteiger partial charge in [-0.15, -0.1) is 0 Å². The summed E-state index contributed by atoms with van der Waals surface area (Å²) in [6.07, 6.45) is 7.23. The normalized spacial score (nSPS) is 15.1. The van der Waals surface area contributed by atoms with Crippen LogP contribution in [0, 0.1) is 0 Å². The second-order valence-electron chi connectivity index (χ2n) is 18.6. The van der Waals surface area contributed by atoms with Crippen molar-refractivity contribution in [3.63, 3.8) is 0 Å². The topological polar surface area (TPSA) is 30.1 Å². The molecule has 1 N–H and O–H groups in total. The third kappa shape index (κ3) is 5.78. The molecule has 0 radical (unpaired) electrons. The SMILES string of the molecule is CCCCCc1ccc(Nc2ccccc2-c2cc(-c3ccccc3)c3c4cc5c(cc4n4c3c2Bc2cc3oc6ccccc6c3cc2-4)C(C)(C)CCC5(C)C)cc1. The van der Waals surface area contributed by atoms with Gasteiger partial charge in [-0.2, -0.15) is 0 Å². The number of para-hydroxylation sites is 2. The molecule has 11 rings (SSSR count). The number of aromatic nitrogens is 1. The van der Waals surface area contributed by atoms with Crippen molar-refractivity contribution in [2.24, 2.45) is 0 Å². The summed E-state index contributed by atoms with van der Waals surface area (Å²) < 4.78 is 9.21. The van der Waals surface area contributed by atoms with Gasteiger partial charge in [0, 0.05) is 49.7 Å². The number of aryl methyl sites for hydroxylation is 1. The molecule has 0 saturated heterocycles. The predicted octanol–water partition coefficient (Wildman–Crippen LogP) is 13.5. The number of nitrogens with one attached hydrogen (secondary N) is 1. The molecule has 59 heavy (non-hydrogen) atoms. The lowest BCUT2D eigenvalue weighted by atomic mass is 9.58. The number of anilines is 2. The Kier molecular flexibility index (Phi) is 8.28. The van der Waals surface area contributed by atoms with Crippen molar-refractivity contribution in [1.82, 2.24) is 4.57 Å². The molecular formula is C55H51BN2O. The van der Waals surface area contributed by atoms with Crippen LogP contribution in [0.1, 0.15) is 83.4 Å². The number of benzene rings is 7. The molecule has 2 aliphatic rings. The Morgan fingerprint density at radius 2 is 1.37 bits per heavy atom. The standard InChI is InChI=1S/C55H51BN2O/c1-6-7-9-16-34-23-25-36(26-24-34)57-46-21-14-12-19-37(46)41-29-39(35-17-10-8-11-18-35)51-42-30-43-44(55(4,5)28-27-54(43,2)3)32-47(42)58-48-31-40-38-20-13-15-22-49(38)59-50(40)33-45(48)56-52(41)53(51)58/h8,10-15,17-26,29-33,56-57H,6-7,9,16,27-28H2,1-5H3. The van der Waals surface area contributed by atoms with E-state index in [-0.39, 0.29) is 10.8 Å². The molecule has 0 atom stereocenters. The van der Waals surface area contributed by atoms with Crippen LogP contribution in [0.15, 0.2) is 138 Å². The highest BCUT2D eigenvalue weighted by Crippen LogP contribution is 2.50. The summed E-state index contributed by atoms with van der Waals surface area (Å²) in [6.45, 7) is 12.1. The first-order chi connectivity index (χ1) is 28.7. The van der Waals surface area contributed by atoms with E-state index in [1.807, 2.05) is 0 Å². The summed E-state index contributed by atoms with van der Waals surface area (Å²) in [7, 11) is 0.803. The van der Waals surface area contributed by atoms with Gasteiger partial charge >= 0.3 is 0 Å². The van der Waals surface area contributed by atoms with Gasteiger partial charge in [0.25, 0.3) is 0 Å². The van der Waals surface area contributed by atoms with E-state index in [2.05, 4.69) is 178 Å². The molecular weight excluding hydrogens is 715 g/mol. The Morgan fingerprint density at radius 3 is 2.17 bits per heavy atom. The summed E-state index contributed by atoms with van der Waals surface area (Å²) in [5.41, 5.74) is 20.1. The van der Waals surface area contributed by atoms with Crippen LogP contribution in [0.4, 0.5) is 11.4 Å². The lowest BCUT2D eigenvalue weighted by Crippen LogP contribution is -2.37. The van der Waals surface area contributed by atoms with Crippen molar-refractivity contribution in [3.05, 3.63) is 150 Å². The summed E-state index contributed by atoms with van der Waals surface area (Å²) in [5, 5.41) is 8.89. The van der Waals surface area contributed by atoms with E-state index in [1.165, 1.54) is 115 Å². The van der Waals surface area contributed by atoms with E-state index in [0.29, 0.717) is 0 Å².